The number of rotatable bonds is 6. The summed E-state index contributed by atoms with van der Waals surface area (Å²) in [6.07, 6.45) is 4.11. The number of aromatic nitrogens is 4. The number of anilines is 4. The Morgan fingerprint density at radius 3 is 2.45 bits per heavy atom. The fraction of sp³-hybridized carbons (Fsp3) is 0.522. The predicted molar refractivity (Wildman–Crippen MR) is 128 cm³/mol. The topological polar surface area (TPSA) is 120 Å². The van der Waals surface area contributed by atoms with Gasteiger partial charge in [-0.15, -0.1) is 0 Å². The van der Waals surface area contributed by atoms with Crippen LogP contribution in [0.5, 0.6) is 0 Å². The normalized spacial score (nSPS) is 19.3. The van der Waals surface area contributed by atoms with E-state index in [0.717, 1.165) is 53.9 Å². The monoisotopic (exact) mass is 422 g/mol. The van der Waals surface area contributed by atoms with Crippen LogP contribution in [0, 0.1) is 0 Å². The minimum absolute atomic E-state index is 0.179. The molecule has 2 heterocycles. The molecule has 0 atom stereocenters. The lowest BCUT2D eigenvalue weighted by Gasteiger charge is -2.27. The van der Waals surface area contributed by atoms with Crippen LogP contribution in [0.3, 0.4) is 0 Å². The standard InChI is InChI=1S/C23H34N8/c1-13(2)19-20-21(31(30-19)14(3)4)22(26-18-7-5-6-16(25)12-18)29-23(28-20)27-17-10-8-15(24)9-11-17/h5-7,12-15,17H,8-11,24-25H2,1-4H3,(H2,26,27,28,29). The maximum absolute atomic E-state index is 6.08. The minimum atomic E-state index is 0.179. The quantitative estimate of drug-likeness (QED) is 0.431. The molecule has 4 rings (SSSR count). The van der Waals surface area contributed by atoms with E-state index in [2.05, 4.69) is 38.3 Å². The maximum atomic E-state index is 6.08. The van der Waals surface area contributed by atoms with Gasteiger partial charge in [0.15, 0.2) is 5.82 Å². The van der Waals surface area contributed by atoms with Gasteiger partial charge in [0.25, 0.3) is 0 Å². The number of fused-ring (bicyclic) bond motifs is 1. The van der Waals surface area contributed by atoms with E-state index in [9.17, 15) is 0 Å². The van der Waals surface area contributed by atoms with Gasteiger partial charge in [-0.25, -0.2) is 4.98 Å². The summed E-state index contributed by atoms with van der Waals surface area (Å²) < 4.78 is 2.02. The first-order chi connectivity index (χ1) is 14.8. The van der Waals surface area contributed by atoms with Crippen molar-refractivity contribution in [3.8, 4) is 0 Å². The van der Waals surface area contributed by atoms with Gasteiger partial charge >= 0.3 is 0 Å². The molecule has 0 aliphatic heterocycles. The van der Waals surface area contributed by atoms with Gasteiger partial charge in [0, 0.05) is 29.5 Å². The van der Waals surface area contributed by atoms with Gasteiger partial charge in [0.1, 0.15) is 11.0 Å². The Bertz CT molecular complexity index is 1050. The highest BCUT2D eigenvalue weighted by molar-refractivity contribution is 5.91. The summed E-state index contributed by atoms with van der Waals surface area (Å²) in [4.78, 5) is 9.82. The van der Waals surface area contributed by atoms with Gasteiger partial charge in [-0.3, -0.25) is 4.68 Å². The van der Waals surface area contributed by atoms with E-state index < -0.39 is 0 Å². The predicted octanol–water partition coefficient (Wildman–Crippen LogP) is 4.54. The maximum Gasteiger partial charge on any atom is 0.225 e. The molecule has 0 spiro atoms. The van der Waals surface area contributed by atoms with Crippen molar-refractivity contribution < 1.29 is 0 Å². The number of nitrogens with two attached hydrogens (primary N) is 2. The van der Waals surface area contributed by atoms with E-state index in [1.165, 1.54) is 0 Å². The smallest absolute Gasteiger partial charge is 0.225 e. The van der Waals surface area contributed by atoms with Crippen LogP contribution in [-0.4, -0.2) is 31.8 Å². The molecule has 1 aliphatic rings. The number of nitrogens with zero attached hydrogens (tertiary/aromatic N) is 4. The highest BCUT2D eigenvalue weighted by atomic mass is 15.3. The van der Waals surface area contributed by atoms with E-state index >= 15 is 0 Å². The molecule has 0 unspecified atom stereocenters. The van der Waals surface area contributed by atoms with Crippen LogP contribution in [-0.2, 0) is 0 Å². The molecule has 1 saturated carbocycles. The Labute approximate surface area is 183 Å². The molecular formula is C23H34N8. The van der Waals surface area contributed by atoms with E-state index in [1.54, 1.807) is 0 Å². The van der Waals surface area contributed by atoms with Crippen molar-refractivity contribution in [1.82, 2.24) is 19.7 Å². The third kappa shape index (κ3) is 4.58. The molecule has 8 heteroatoms. The van der Waals surface area contributed by atoms with Crippen LogP contribution in [0.4, 0.5) is 23.1 Å². The third-order valence-electron chi connectivity index (χ3n) is 5.86. The van der Waals surface area contributed by atoms with Crippen molar-refractivity contribution >= 4 is 34.2 Å². The van der Waals surface area contributed by atoms with Crippen LogP contribution in [0.1, 0.15) is 71.0 Å². The first-order valence-corrected chi connectivity index (χ1v) is 11.3. The Hall–Kier alpha value is -2.87. The summed E-state index contributed by atoms with van der Waals surface area (Å²) >= 11 is 0. The molecule has 31 heavy (non-hydrogen) atoms. The fourth-order valence-corrected chi connectivity index (χ4v) is 4.18. The lowest BCUT2D eigenvalue weighted by Crippen LogP contribution is -2.33. The van der Waals surface area contributed by atoms with Gasteiger partial charge in [-0.05, 0) is 63.6 Å². The lowest BCUT2D eigenvalue weighted by atomic mass is 9.92. The number of nitrogens with one attached hydrogen (secondary N) is 2. The van der Waals surface area contributed by atoms with E-state index in [-0.39, 0.29) is 12.0 Å². The van der Waals surface area contributed by atoms with Gasteiger partial charge in [-0.1, -0.05) is 19.9 Å². The molecule has 2 aromatic heterocycles. The van der Waals surface area contributed by atoms with Crippen molar-refractivity contribution in [3.05, 3.63) is 30.0 Å². The highest BCUT2D eigenvalue weighted by Crippen LogP contribution is 2.33. The molecule has 1 aromatic carbocycles. The molecule has 3 aromatic rings. The molecule has 0 bridgehead atoms. The van der Waals surface area contributed by atoms with Crippen LogP contribution < -0.4 is 22.1 Å². The van der Waals surface area contributed by atoms with Crippen molar-refractivity contribution in [1.29, 1.82) is 0 Å². The third-order valence-corrected chi connectivity index (χ3v) is 5.86. The zero-order valence-corrected chi connectivity index (χ0v) is 18.9. The van der Waals surface area contributed by atoms with E-state index in [0.29, 0.717) is 23.7 Å². The largest absolute Gasteiger partial charge is 0.399 e. The van der Waals surface area contributed by atoms with Crippen LogP contribution in [0.25, 0.3) is 11.0 Å². The second kappa shape index (κ2) is 8.70. The van der Waals surface area contributed by atoms with Gasteiger partial charge in [-0.2, -0.15) is 10.1 Å². The molecule has 1 aliphatic carbocycles. The van der Waals surface area contributed by atoms with Crippen molar-refractivity contribution in [3.63, 3.8) is 0 Å². The van der Waals surface area contributed by atoms with Crippen LogP contribution >= 0.6 is 0 Å². The first kappa shape index (κ1) is 21.4. The SMILES string of the molecule is CC(C)c1nn(C(C)C)c2c(Nc3cccc(N)c3)nc(NC3CCC(N)CC3)nc12. The molecule has 0 saturated heterocycles. The highest BCUT2D eigenvalue weighted by Gasteiger charge is 2.24. The second-order valence-electron chi connectivity index (χ2n) is 9.18. The zero-order chi connectivity index (χ0) is 22.1. The van der Waals surface area contributed by atoms with Gasteiger partial charge < -0.3 is 22.1 Å². The molecule has 8 nitrogen and oxygen atoms in total. The summed E-state index contributed by atoms with van der Waals surface area (Å²) in [7, 11) is 0. The summed E-state index contributed by atoms with van der Waals surface area (Å²) in [6, 6.07) is 8.51. The molecule has 0 amide bonds. The number of hydrogen-bond donors (Lipinski definition) is 4. The summed E-state index contributed by atoms with van der Waals surface area (Å²) in [5.41, 5.74) is 16.5. The average Bonchev–Trinajstić information content (AvgIpc) is 3.10. The summed E-state index contributed by atoms with van der Waals surface area (Å²) in [5, 5.41) is 11.9. The minimum Gasteiger partial charge on any atom is -0.399 e. The van der Waals surface area contributed by atoms with Gasteiger partial charge in [0.2, 0.25) is 5.95 Å². The van der Waals surface area contributed by atoms with E-state index in [1.807, 2.05) is 28.9 Å². The van der Waals surface area contributed by atoms with Crippen LogP contribution in [0.2, 0.25) is 0 Å². The Kier molecular flexibility index (Phi) is 6.00. The van der Waals surface area contributed by atoms with Gasteiger partial charge in [0.05, 0.1) is 5.69 Å². The Morgan fingerprint density at radius 1 is 1.06 bits per heavy atom. The van der Waals surface area contributed by atoms with Crippen molar-refractivity contribution in [2.24, 2.45) is 5.73 Å². The molecular weight excluding hydrogens is 388 g/mol. The molecule has 6 N–H and O–H groups in total. The van der Waals surface area contributed by atoms with Crippen molar-refractivity contribution in [2.45, 2.75) is 77.4 Å². The summed E-state index contributed by atoms with van der Waals surface area (Å²) in [6.45, 7) is 8.54. The summed E-state index contributed by atoms with van der Waals surface area (Å²) in [5.74, 6) is 1.61. The van der Waals surface area contributed by atoms with Crippen LogP contribution in [0.15, 0.2) is 24.3 Å². The van der Waals surface area contributed by atoms with Crippen molar-refractivity contribution in [2.75, 3.05) is 16.4 Å². The number of nitrogen functional groups attached to an aromatic ring is 1. The molecule has 166 valence electrons. The molecule has 1 fully saturated rings. The molecule has 0 radical (unpaired) electrons. The van der Waals surface area contributed by atoms with E-state index in [4.69, 9.17) is 26.5 Å². The second-order valence-corrected chi connectivity index (χ2v) is 9.18. The number of hydrogen-bond acceptors (Lipinski definition) is 7. The zero-order valence-electron chi connectivity index (χ0n) is 18.9. The number of benzene rings is 1. The first-order valence-electron chi connectivity index (χ1n) is 11.3. The Balaban J connectivity index is 1.81. The Morgan fingerprint density at radius 2 is 1.81 bits per heavy atom. The fourth-order valence-electron chi connectivity index (χ4n) is 4.18. The average molecular weight is 423 g/mol. The lowest BCUT2D eigenvalue weighted by molar-refractivity contribution is 0.410.